The number of hydrogen-bond acceptors (Lipinski definition) is 6. The molecule has 106 valence electrons. The summed E-state index contributed by atoms with van der Waals surface area (Å²) < 4.78 is 1.64. The van der Waals surface area contributed by atoms with Gasteiger partial charge in [0, 0.05) is 19.3 Å². The quantitative estimate of drug-likeness (QED) is 0.755. The van der Waals surface area contributed by atoms with Crippen LogP contribution < -0.4 is 10.6 Å². The third-order valence-electron chi connectivity index (χ3n) is 2.54. The molecule has 0 saturated heterocycles. The molecule has 0 atom stereocenters. The first-order valence-corrected chi connectivity index (χ1v) is 6.48. The smallest absolute Gasteiger partial charge is 0.271 e. The van der Waals surface area contributed by atoms with Crippen molar-refractivity contribution in [1.82, 2.24) is 30.3 Å². The Labute approximate surface area is 116 Å². The summed E-state index contributed by atoms with van der Waals surface area (Å²) in [6, 6.07) is 0. The van der Waals surface area contributed by atoms with Crippen molar-refractivity contribution in [1.29, 1.82) is 0 Å². The van der Waals surface area contributed by atoms with Crippen LogP contribution in [0.4, 0.5) is 5.82 Å². The number of anilines is 1. The minimum atomic E-state index is -0.250. The molecule has 0 bridgehead atoms. The van der Waals surface area contributed by atoms with Gasteiger partial charge in [0.15, 0.2) is 0 Å². The number of nitrogens with zero attached hydrogens (tertiary/aromatic N) is 5. The van der Waals surface area contributed by atoms with E-state index in [-0.39, 0.29) is 5.91 Å². The maximum Gasteiger partial charge on any atom is 0.271 e. The molecule has 2 rings (SSSR count). The van der Waals surface area contributed by atoms with Crippen LogP contribution in [0.15, 0.2) is 24.8 Å². The van der Waals surface area contributed by atoms with E-state index in [1.807, 2.05) is 0 Å². The summed E-state index contributed by atoms with van der Waals surface area (Å²) in [5.74, 6) is 0.422. The van der Waals surface area contributed by atoms with E-state index in [9.17, 15) is 4.79 Å². The first kappa shape index (κ1) is 13.9. The zero-order valence-corrected chi connectivity index (χ0v) is 11.3. The fraction of sp³-hybridized carbons (Fsp3) is 0.417. The van der Waals surface area contributed by atoms with Crippen LogP contribution >= 0.6 is 0 Å². The Bertz CT molecular complexity index is 523. The molecular formula is C12H17N7O. The van der Waals surface area contributed by atoms with Crippen molar-refractivity contribution < 1.29 is 4.79 Å². The molecule has 8 nitrogen and oxygen atoms in total. The lowest BCUT2D eigenvalue weighted by atomic mass is 10.4. The Morgan fingerprint density at radius 3 is 2.85 bits per heavy atom. The SMILES string of the molecule is CCCNc1cnc(C(=O)NCCn2ccnn2)cn1. The van der Waals surface area contributed by atoms with E-state index >= 15 is 0 Å². The van der Waals surface area contributed by atoms with Crippen LogP contribution in [0, 0.1) is 0 Å². The van der Waals surface area contributed by atoms with Crippen molar-refractivity contribution in [3.05, 3.63) is 30.5 Å². The molecule has 0 radical (unpaired) electrons. The molecule has 0 saturated carbocycles. The zero-order chi connectivity index (χ0) is 14.2. The summed E-state index contributed by atoms with van der Waals surface area (Å²) in [7, 11) is 0. The van der Waals surface area contributed by atoms with Crippen molar-refractivity contribution in [3.8, 4) is 0 Å². The van der Waals surface area contributed by atoms with Gasteiger partial charge in [-0.3, -0.25) is 9.48 Å². The summed E-state index contributed by atoms with van der Waals surface area (Å²) in [5.41, 5.74) is 0.297. The monoisotopic (exact) mass is 275 g/mol. The molecule has 0 spiro atoms. The number of carbonyl (C=O) groups excluding carboxylic acids is 1. The number of rotatable bonds is 7. The van der Waals surface area contributed by atoms with Gasteiger partial charge in [0.1, 0.15) is 11.5 Å². The molecule has 2 aromatic heterocycles. The van der Waals surface area contributed by atoms with Crippen LogP contribution in [0.25, 0.3) is 0 Å². The Balaban J connectivity index is 1.79. The normalized spacial score (nSPS) is 10.2. The predicted octanol–water partition coefficient (Wildman–Crippen LogP) is 0.320. The molecule has 2 N–H and O–H groups in total. The number of aromatic nitrogens is 5. The van der Waals surface area contributed by atoms with E-state index in [2.05, 4.69) is 37.8 Å². The number of hydrogen-bond donors (Lipinski definition) is 2. The number of carbonyl (C=O) groups is 1. The topological polar surface area (TPSA) is 97.6 Å². The second kappa shape index (κ2) is 7.17. The van der Waals surface area contributed by atoms with Crippen LogP contribution in [0.2, 0.25) is 0 Å². The van der Waals surface area contributed by atoms with Crippen molar-refractivity contribution in [3.63, 3.8) is 0 Å². The van der Waals surface area contributed by atoms with Gasteiger partial charge in [0.25, 0.3) is 5.91 Å². The Kier molecular flexibility index (Phi) is 4.99. The molecule has 8 heteroatoms. The Morgan fingerprint density at radius 1 is 1.30 bits per heavy atom. The molecule has 0 aliphatic heterocycles. The fourth-order valence-electron chi connectivity index (χ4n) is 1.52. The minimum Gasteiger partial charge on any atom is -0.369 e. The molecule has 0 fully saturated rings. The third-order valence-corrected chi connectivity index (χ3v) is 2.54. The van der Waals surface area contributed by atoms with Crippen LogP contribution in [0.5, 0.6) is 0 Å². The van der Waals surface area contributed by atoms with Crippen molar-refractivity contribution in [2.24, 2.45) is 0 Å². The lowest BCUT2D eigenvalue weighted by molar-refractivity contribution is 0.0946. The van der Waals surface area contributed by atoms with Crippen molar-refractivity contribution in [2.45, 2.75) is 19.9 Å². The second-order valence-corrected chi connectivity index (χ2v) is 4.14. The van der Waals surface area contributed by atoms with E-state index in [0.717, 1.165) is 13.0 Å². The maximum atomic E-state index is 11.8. The first-order chi connectivity index (χ1) is 9.79. The highest BCUT2D eigenvalue weighted by Crippen LogP contribution is 2.01. The van der Waals surface area contributed by atoms with Gasteiger partial charge in [-0.05, 0) is 6.42 Å². The molecule has 0 aliphatic carbocycles. The molecule has 0 aliphatic rings. The van der Waals surface area contributed by atoms with Crippen LogP contribution in [-0.2, 0) is 6.54 Å². The molecule has 1 amide bonds. The lowest BCUT2D eigenvalue weighted by Crippen LogP contribution is -2.28. The van der Waals surface area contributed by atoms with Gasteiger partial charge in [0.2, 0.25) is 0 Å². The van der Waals surface area contributed by atoms with E-state index in [0.29, 0.717) is 24.6 Å². The van der Waals surface area contributed by atoms with Gasteiger partial charge < -0.3 is 10.6 Å². The second-order valence-electron chi connectivity index (χ2n) is 4.14. The van der Waals surface area contributed by atoms with E-state index in [1.165, 1.54) is 6.20 Å². The molecule has 20 heavy (non-hydrogen) atoms. The lowest BCUT2D eigenvalue weighted by Gasteiger charge is -2.06. The summed E-state index contributed by atoms with van der Waals surface area (Å²) in [6.07, 6.45) is 7.35. The first-order valence-electron chi connectivity index (χ1n) is 6.48. The van der Waals surface area contributed by atoms with E-state index in [1.54, 1.807) is 23.3 Å². The Morgan fingerprint density at radius 2 is 2.20 bits per heavy atom. The van der Waals surface area contributed by atoms with Crippen LogP contribution in [0.1, 0.15) is 23.8 Å². The molecule has 2 aromatic rings. The van der Waals surface area contributed by atoms with Gasteiger partial charge >= 0.3 is 0 Å². The highest BCUT2D eigenvalue weighted by atomic mass is 16.1. The largest absolute Gasteiger partial charge is 0.369 e. The molecule has 0 aromatic carbocycles. The summed E-state index contributed by atoms with van der Waals surface area (Å²) >= 11 is 0. The van der Waals surface area contributed by atoms with Crippen molar-refractivity contribution in [2.75, 3.05) is 18.4 Å². The standard InChI is InChI=1S/C12H17N7O/c1-2-3-13-11-9-15-10(8-16-11)12(20)14-4-6-19-7-5-17-18-19/h5,7-9H,2-4,6H2,1H3,(H,13,16)(H,14,20). The van der Waals surface area contributed by atoms with Crippen molar-refractivity contribution >= 4 is 11.7 Å². The Hall–Kier alpha value is -2.51. The van der Waals surface area contributed by atoms with Gasteiger partial charge in [-0.15, -0.1) is 5.10 Å². The third kappa shape index (κ3) is 4.01. The summed E-state index contributed by atoms with van der Waals surface area (Å²) in [6.45, 7) is 3.92. The zero-order valence-electron chi connectivity index (χ0n) is 11.3. The van der Waals surface area contributed by atoms with Gasteiger partial charge in [0.05, 0.1) is 25.1 Å². The summed E-state index contributed by atoms with van der Waals surface area (Å²) in [5, 5.41) is 13.3. The average Bonchev–Trinajstić information content (AvgIpc) is 2.99. The maximum absolute atomic E-state index is 11.8. The molecule has 0 unspecified atom stereocenters. The molecule has 2 heterocycles. The predicted molar refractivity (Wildman–Crippen MR) is 73.2 cm³/mol. The average molecular weight is 275 g/mol. The van der Waals surface area contributed by atoms with Gasteiger partial charge in [-0.25, -0.2) is 9.97 Å². The van der Waals surface area contributed by atoms with Crippen LogP contribution in [0.3, 0.4) is 0 Å². The highest BCUT2D eigenvalue weighted by molar-refractivity contribution is 5.91. The van der Waals surface area contributed by atoms with E-state index < -0.39 is 0 Å². The van der Waals surface area contributed by atoms with Crippen LogP contribution in [-0.4, -0.2) is 44.0 Å². The minimum absolute atomic E-state index is 0.250. The van der Waals surface area contributed by atoms with Gasteiger partial charge in [-0.1, -0.05) is 12.1 Å². The highest BCUT2D eigenvalue weighted by Gasteiger charge is 2.07. The van der Waals surface area contributed by atoms with E-state index in [4.69, 9.17) is 0 Å². The summed E-state index contributed by atoms with van der Waals surface area (Å²) in [4.78, 5) is 20.0. The fourth-order valence-corrected chi connectivity index (χ4v) is 1.52. The molecular weight excluding hydrogens is 258 g/mol. The van der Waals surface area contributed by atoms with Gasteiger partial charge in [-0.2, -0.15) is 0 Å². The number of nitrogens with one attached hydrogen (secondary N) is 2. The number of amides is 1.